The topological polar surface area (TPSA) is 97.1 Å². The lowest BCUT2D eigenvalue weighted by Gasteiger charge is -2.08. The Hall–Kier alpha value is -3.00. The lowest BCUT2D eigenvalue weighted by Crippen LogP contribution is -2.37. The molecule has 2 amide bonds. The predicted molar refractivity (Wildman–Crippen MR) is 116 cm³/mol. The summed E-state index contributed by atoms with van der Waals surface area (Å²) in [6, 6.07) is 9.42. The summed E-state index contributed by atoms with van der Waals surface area (Å²) in [7, 11) is 0. The van der Waals surface area contributed by atoms with Crippen molar-refractivity contribution in [3.8, 4) is 10.7 Å². The molecule has 0 atom stereocenters. The summed E-state index contributed by atoms with van der Waals surface area (Å²) >= 11 is 1.58. The predicted octanol–water partition coefficient (Wildman–Crippen LogP) is 3.67. The lowest BCUT2D eigenvalue weighted by atomic mass is 10.1. The average molecular weight is 427 g/mol. The van der Waals surface area contributed by atoms with Crippen molar-refractivity contribution < 1.29 is 14.1 Å². The van der Waals surface area contributed by atoms with Crippen LogP contribution < -0.4 is 10.6 Å². The summed E-state index contributed by atoms with van der Waals surface area (Å²) in [5.41, 5.74) is 2.75. The Labute approximate surface area is 179 Å². The molecule has 8 heteroatoms. The Balaban J connectivity index is 1.27. The number of hydrogen-bond acceptors (Lipinski definition) is 6. The minimum Gasteiger partial charge on any atom is -0.355 e. The van der Waals surface area contributed by atoms with Gasteiger partial charge in [-0.2, -0.15) is 4.98 Å². The minimum atomic E-state index is -0.241. The Morgan fingerprint density at radius 2 is 1.93 bits per heavy atom. The summed E-state index contributed by atoms with van der Waals surface area (Å²) in [6.45, 7) is 4.50. The number of thiophene rings is 1. The molecule has 0 radical (unpaired) electrons. The molecule has 0 aliphatic rings. The average Bonchev–Trinajstić information content (AvgIpc) is 3.42. The van der Waals surface area contributed by atoms with E-state index in [1.54, 1.807) is 17.4 Å². The molecule has 0 aliphatic heterocycles. The van der Waals surface area contributed by atoms with Crippen molar-refractivity contribution in [2.45, 2.75) is 39.5 Å². The summed E-state index contributed by atoms with van der Waals surface area (Å²) < 4.78 is 5.27. The van der Waals surface area contributed by atoms with Crippen LogP contribution in [0.15, 0.2) is 40.2 Å². The molecule has 0 saturated heterocycles. The molecule has 2 heterocycles. The van der Waals surface area contributed by atoms with Gasteiger partial charge in [-0.25, -0.2) is 0 Å². The molecular weight excluding hydrogens is 400 g/mol. The molecule has 0 saturated carbocycles. The normalized spacial score (nSPS) is 10.7. The second-order valence-electron chi connectivity index (χ2n) is 7.13. The van der Waals surface area contributed by atoms with Crippen molar-refractivity contribution >= 4 is 23.2 Å². The largest absolute Gasteiger partial charge is 0.355 e. The Bertz CT molecular complexity index is 982. The van der Waals surface area contributed by atoms with Gasteiger partial charge in [0.15, 0.2) is 0 Å². The Kier molecular flexibility index (Phi) is 7.73. The molecule has 0 fully saturated rings. The van der Waals surface area contributed by atoms with Crippen molar-refractivity contribution in [2.75, 3.05) is 13.1 Å². The van der Waals surface area contributed by atoms with Crippen LogP contribution >= 0.6 is 11.3 Å². The fourth-order valence-electron chi connectivity index (χ4n) is 2.88. The van der Waals surface area contributed by atoms with Crippen molar-refractivity contribution in [1.82, 2.24) is 20.8 Å². The van der Waals surface area contributed by atoms with E-state index >= 15 is 0 Å². The third-order valence-corrected chi connectivity index (χ3v) is 5.64. The number of carbonyl (C=O) groups is 2. The number of unbranched alkanes of at least 4 members (excludes halogenated alkanes) is 2. The van der Waals surface area contributed by atoms with Crippen LogP contribution in [-0.4, -0.2) is 35.0 Å². The number of hydrogen-bond donors (Lipinski definition) is 2. The van der Waals surface area contributed by atoms with Gasteiger partial charge in [-0.15, -0.1) is 11.3 Å². The SMILES string of the molecule is Cc1ccc(C(=O)NCC(=O)NCCCCCc2nc(-c3cccs3)no2)cc1C. The minimum absolute atomic E-state index is 0.0285. The summed E-state index contributed by atoms with van der Waals surface area (Å²) in [6.07, 6.45) is 3.42. The van der Waals surface area contributed by atoms with Crippen LogP contribution in [0.5, 0.6) is 0 Å². The lowest BCUT2D eigenvalue weighted by molar-refractivity contribution is -0.120. The van der Waals surface area contributed by atoms with E-state index < -0.39 is 0 Å². The van der Waals surface area contributed by atoms with Crippen LogP contribution in [0, 0.1) is 13.8 Å². The molecule has 7 nitrogen and oxygen atoms in total. The van der Waals surface area contributed by atoms with Crippen LogP contribution in [0.25, 0.3) is 10.7 Å². The van der Waals surface area contributed by atoms with Crippen LogP contribution in [0.1, 0.15) is 46.6 Å². The first kappa shape index (κ1) is 21.7. The Morgan fingerprint density at radius 1 is 1.07 bits per heavy atom. The highest BCUT2D eigenvalue weighted by Gasteiger charge is 2.10. The molecule has 2 N–H and O–H groups in total. The maximum absolute atomic E-state index is 12.1. The molecule has 2 aromatic heterocycles. The fourth-order valence-corrected chi connectivity index (χ4v) is 3.53. The molecular formula is C22H26N4O3S. The number of nitrogens with zero attached hydrogens (tertiary/aromatic N) is 2. The molecule has 0 bridgehead atoms. The van der Waals surface area contributed by atoms with E-state index in [0.717, 1.165) is 41.7 Å². The summed E-state index contributed by atoms with van der Waals surface area (Å²) in [5, 5.41) is 11.5. The van der Waals surface area contributed by atoms with E-state index in [-0.39, 0.29) is 18.4 Å². The first-order valence-corrected chi connectivity index (χ1v) is 10.9. The number of carbonyl (C=O) groups excluding carboxylic acids is 2. The smallest absolute Gasteiger partial charge is 0.251 e. The summed E-state index contributed by atoms with van der Waals surface area (Å²) in [5.74, 6) is 0.839. The van der Waals surface area contributed by atoms with Crippen LogP contribution in [-0.2, 0) is 11.2 Å². The van der Waals surface area contributed by atoms with Crippen LogP contribution in [0.3, 0.4) is 0 Å². The van der Waals surface area contributed by atoms with Crippen molar-refractivity contribution in [3.05, 3.63) is 58.3 Å². The third-order valence-electron chi connectivity index (χ3n) is 4.78. The van der Waals surface area contributed by atoms with Gasteiger partial charge >= 0.3 is 0 Å². The highest BCUT2D eigenvalue weighted by atomic mass is 32.1. The molecule has 0 unspecified atom stereocenters. The zero-order chi connectivity index (χ0) is 21.3. The second-order valence-corrected chi connectivity index (χ2v) is 8.08. The van der Waals surface area contributed by atoms with E-state index in [1.807, 2.05) is 43.5 Å². The molecule has 0 spiro atoms. The van der Waals surface area contributed by atoms with Gasteiger partial charge in [-0.05, 0) is 61.4 Å². The first-order chi connectivity index (χ1) is 14.5. The second kappa shape index (κ2) is 10.7. The van der Waals surface area contributed by atoms with Gasteiger partial charge in [-0.3, -0.25) is 9.59 Å². The zero-order valence-corrected chi connectivity index (χ0v) is 18.1. The molecule has 1 aromatic carbocycles. The number of rotatable bonds is 10. The molecule has 3 aromatic rings. The van der Waals surface area contributed by atoms with E-state index in [1.165, 1.54) is 0 Å². The van der Waals surface area contributed by atoms with Crippen LogP contribution in [0.4, 0.5) is 0 Å². The van der Waals surface area contributed by atoms with Gasteiger partial charge in [0, 0.05) is 18.5 Å². The van der Waals surface area contributed by atoms with E-state index in [9.17, 15) is 9.59 Å². The number of aryl methyl sites for hydroxylation is 3. The molecule has 30 heavy (non-hydrogen) atoms. The van der Waals surface area contributed by atoms with Gasteiger partial charge in [0.05, 0.1) is 11.4 Å². The maximum Gasteiger partial charge on any atom is 0.251 e. The number of aromatic nitrogens is 2. The van der Waals surface area contributed by atoms with E-state index in [2.05, 4.69) is 20.8 Å². The highest BCUT2D eigenvalue weighted by molar-refractivity contribution is 7.13. The van der Waals surface area contributed by atoms with Gasteiger partial charge in [0.2, 0.25) is 17.6 Å². The summed E-state index contributed by atoms with van der Waals surface area (Å²) in [4.78, 5) is 29.4. The molecule has 3 rings (SSSR count). The molecule has 158 valence electrons. The monoisotopic (exact) mass is 426 g/mol. The standard InChI is InChI=1S/C22H26N4O3S/c1-15-9-10-17(13-16(15)2)22(28)24-14-19(27)23-11-5-3-4-8-20-25-21(26-29-20)18-7-6-12-30-18/h6-7,9-10,12-13H,3-5,8,11,14H2,1-2H3,(H,23,27)(H,24,28). The van der Waals surface area contributed by atoms with E-state index in [0.29, 0.717) is 23.8 Å². The first-order valence-electron chi connectivity index (χ1n) is 10.0. The van der Waals surface area contributed by atoms with E-state index in [4.69, 9.17) is 4.52 Å². The van der Waals surface area contributed by atoms with Crippen molar-refractivity contribution in [3.63, 3.8) is 0 Å². The van der Waals surface area contributed by atoms with Gasteiger partial charge in [-0.1, -0.05) is 23.7 Å². The van der Waals surface area contributed by atoms with Gasteiger partial charge in [0.1, 0.15) is 0 Å². The highest BCUT2D eigenvalue weighted by Crippen LogP contribution is 2.21. The Morgan fingerprint density at radius 3 is 2.70 bits per heavy atom. The molecule has 0 aliphatic carbocycles. The van der Waals surface area contributed by atoms with Crippen LogP contribution in [0.2, 0.25) is 0 Å². The third kappa shape index (κ3) is 6.25. The van der Waals surface area contributed by atoms with Crippen molar-refractivity contribution in [2.24, 2.45) is 0 Å². The number of nitrogens with one attached hydrogen (secondary N) is 2. The number of amides is 2. The van der Waals surface area contributed by atoms with Crippen molar-refractivity contribution in [1.29, 1.82) is 0 Å². The maximum atomic E-state index is 12.1. The van der Waals surface area contributed by atoms with Gasteiger partial charge in [0.25, 0.3) is 5.91 Å². The zero-order valence-electron chi connectivity index (χ0n) is 17.2. The quantitative estimate of drug-likeness (QED) is 0.482. The number of benzene rings is 1. The van der Waals surface area contributed by atoms with Gasteiger partial charge < -0.3 is 15.2 Å². The fraction of sp³-hybridized carbons (Fsp3) is 0.364.